The molecule has 174 valence electrons. The summed E-state index contributed by atoms with van der Waals surface area (Å²) in [6, 6.07) is 15.7. The van der Waals surface area contributed by atoms with Crippen LogP contribution >= 0.6 is 0 Å². The van der Waals surface area contributed by atoms with Gasteiger partial charge in [0.25, 0.3) is 5.91 Å². The van der Waals surface area contributed by atoms with Crippen molar-refractivity contribution < 1.29 is 29.0 Å². The van der Waals surface area contributed by atoms with Crippen LogP contribution in [-0.4, -0.2) is 43.6 Å². The van der Waals surface area contributed by atoms with E-state index in [4.69, 9.17) is 19.4 Å². The first kappa shape index (κ1) is 25.3. The Hall–Kier alpha value is -2.94. The number of rotatable bonds is 13. The molecule has 3 N–H and O–H groups in total. The molecular weight excluding hydrogens is 412 g/mol. The summed E-state index contributed by atoms with van der Waals surface area (Å²) in [5.41, 5.74) is 2.18. The molecule has 0 aliphatic carbocycles. The van der Waals surface area contributed by atoms with E-state index in [1.807, 2.05) is 44.2 Å². The number of amides is 2. The predicted molar refractivity (Wildman–Crippen MR) is 120 cm³/mol. The molecule has 2 atom stereocenters. The topological polar surface area (TPSA) is 106 Å². The fourth-order valence-electron chi connectivity index (χ4n) is 3.32. The fraction of sp³-hybridized carbons (Fsp3) is 0.417. The van der Waals surface area contributed by atoms with Gasteiger partial charge in [-0.2, -0.15) is 0 Å². The molecule has 0 fully saturated rings. The molecule has 2 aromatic rings. The highest BCUT2D eigenvalue weighted by Crippen LogP contribution is 2.22. The zero-order valence-electron chi connectivity index (χ0n) is 18.7. The molecule has 8 nitrogen and oxygen atoms in total. The van der Waals surface area contributed by atoms with Gasteiger partial charge in [0, 0.05) is 18.6 Å². The third-order valence-electron chi connectivity index (χ3n) is 4.76. The number of carbonyl (C=O) groups excluding carboxylic acids is 2. The van der Waals surface area contributed by atoms with E-state index in [-0.39, 0.29) is 25.2 Å². The SMILES string of the molecule is COCOCC(CC(CC(C)C)C(=O)NO)NC(=O)c1ccc(Oc2ccccc2)cc1. The Morgan fingerprint density at radius 2 is 1.62 bits per heavy atom. The van der Waals surface area contributed by atoms with Gasteiger partial charge in [-0.3, -0.25) is 14.8 Å². The van der Waals surface area contributed by atoms with Gasteiger partial charge in [-0.05, 0) is 55.2 Å². The first-order valence-corrected chi connectivity index (χ1v) is 10.6. The van der Waals surface area contributed by atoms with E-state index < -0.39 is 17.9 Å². The monoisotopic (exact) mass is 444 g/mol. The van der Waals surface area contributed by atoms with Crippen LogP contribution in [0, 0.1) is 11.8 Å². The zero-order chi connectivity index (χ0) is 23.3. The number of para-hydroxylation sites is 1. The van der Waals surface area contributed by atoms with Gasteiger partial charge in [-0.15, -0.1) is 0 Å². The minimum absolute atomic E-state index is 0.0684. The molecule has 2 rings (SSSR count). The van der Waals surface area contributed by atoms with Crippen molar-refractivity contribution in [3.63, 3.8) is 0 Å². The fourth-order valence-corrected chi connectivity index (χ4v) is 3.32. The summed E-state index contributed by atoms with van der Waals surface area (Å²) >= 11 is 0. The van der Waals surface area contributed by atoms with Gasteiger partial charge in [-0.25, -0.2) is 5.48 Å². The number of ether oxygens (including phenoxy) is 3. The molecule has 0 aromatic heterocycles. The second-order valence-corrected chi connectivity index (χ2v) is 7.93. The van der Waals surface area contributed by atoms with Crippen LogP contribution in [0.3, 0.4) is 0 Å². The minimum atomic E-state index is -0.480. The Bertz CT molecular complexity index is 826. The second kappa shape index (κ2) is 13.5. The van der Waals surface area contributed by atoms with Crippen LogP contribution in [-0.2, 0) is 14.3 Å². The van der Waals surface area contributed by atoms with E-state index >= 15 is 0 Å². The molecule has 2 amide bonds. The van der Waals surface area contributed by atoms with E-state index in [1.54, 1.807) is 29.7 Å². The number of hydrogen-bond donors (Lipinski definition) is 3. The molecule has 0 aliphatic heterocycles. The van der Waals surface area contributed by atoms with Gasteiger partial charge < -0.3 is 19.5 Å². The lowest BCUT2D eigenvalue weighted by Gasteiger charge is -2.24. The van der Waals surface area contributed by atoms with Gasteiger partial charge in [0.15, 0.2) is 0 Å². The molecule has 2 unspecified atom stereocenters. The molecule has 8 heteroatoms. The lowest BCUT2D eigenvalue weighted by Crippen LogP contribution is -2.42. The molecular formula is C24H32N2O6. The van der Waals surface area contributed by atoms with Crippen molar-refractivity contribution >= 4 is 11.8 Å². The number of hydroxylamine groups is 1. The van der Waals surface area contributed by atoms with Crippen LogP contribution in [0.25, 0.3) is 0 Å². The van der Waals surface area contributed by atoms with Crippen LogP contribution in [0.15, 0.2) is 54.6 Å². The summed E-state index contributed by atoms with van der Waals surface area (Å²) in [5, 5.41) is 12.0. The van der Waals surface area contributed by atoms with Crippen molar-refractivity contribution in [1.82, 2.24) is 10.8 Å². The lowest BCUT2D eigenvalue weighted by atomic mass is 9.90. The summed E-state index contributed by atoms with van der Waals surface area (Å²) in [7, 11) is 1.51. The largest absolute Gasteiger partial charge is 0.457 e. The number of benzene rings is 2. The standard InChI is InChI=1S/C24H32N2O6/c1-17(2)13-19(24(28)26-29)14-20(15-31-16-30-3)25-23(27)18-9-11-22(12-10-18)32-21-7-5-4-6-8-21/h4-12,17,19-20,29H,13-16H2,1-3H3,(H,25,27)(H,26,28). The molecule has 32 heavy (non-hydrogen) atoms. The van der Waals surface area contributed by atoms with Crippen LogP contribution < -0.4 is 15.5 Å². The van der Waals surface area contributed by atoms with Gasteiger partial charge in [0.05, 0.1) is 12.6 Å². The second-order valence-electron chi connectivity index (χ2n) is 7.93. The molecule has 0 spiro atoms. The first-order valence-electron chi connectivity index (χ1n) is 10.6. The van der Waals surface area contributed by atoms with Gasteiger partial charge in [0.2, 0.25) is 5.91 Å². The summed E-state index contributed by atoms with van der Waals surface area (Å²) in [4.78, 5) is 24.9. The maximum absolute atomic E-state index is 12.8. The molecule has 2 aromatic carbocycles. The van der Waals surface area contributed by atoms with Crippen molar-refractivity contribution in [2.24, 2.45) is 11.8 Å². The Morgan fingerprint density at radius 1 is 0.969 bits per heavy atom. The number of hydrogen-bond acceptors (Lipinski definition) is 6. The highest BCUT2D eigenvalue weighted by molar-refractivity contribution is 5.94. The van der Waals surface area contributed by atoms with Crippen LogP contribution in [0.4, 0.5) is 0 Å². The average Bonchev–Trinajstić information content (AvgIpc) is 2.79. The number of methoxy groups -OCH3 is 1. The van der Waals surface area contributed by atoms with Crippen molar-refractivity contribution in [2.75, 3.05) is 20.5 Å². The highest BCUT2D eigenvalue weighted by Gasteiger charge is 2.25. The maximum Gasteiger partial charge on any atom is 0.251 e. The molecule has 0 bridgehead atoms. The maximum atomic E-state index is 12.8. The normalized spacial score (nSPS) is 12.8. The van der Waals surface area contributed by atoms with E-state index in [2.05, 4.69) is 5.32 Å². The quantitative estimate of drug-likeness (QED) is 0.188. The van der Waals surface area contributed by atoms with Gasteiger partial charge >= 0.3 is 0 Å². The molecule has 0 saturated heterocycles. The zero-order valence-corrected chi connectivity index (χ0v) is 18.7. The van der Waals surface area contributed by atoms with Gasteiger partial charge in [-0.1, -0.05) is 32.0 Å². The highest BCUT2D eigenvalue weighted by atomic mass is 16.7. The molecule has 0 aliphatic rings. The van der Waals surface area contributed by atoms with E-state index in [0.29, 0.717) is 29.9 Å². The molecule has 0 saturated carbocycles. The van der Waals surface area contributed by atoms with Crippen LogP contribution in [0.1, 0.15) is 37.0 Å². The van der Waals surface area contributed by atoms with Crippen molar-refractivity contribution in [3.8, 4) is 11.5 Å². The van der Waals surface area contributed by atoms with Crippen molar-refractivity contribution in [1.29, 1.82) is 0 Å². The first-order chi connectivity index (χ1) is 15.4. The minimum Gasteiger partial charge on any atom is -0.457 e. The predicted octanol–water partition coefficient (Wildman–Crippen LogP) is 3.76. The number of nitrogens with one attached hydrogen (secondary N) is 2. The number of carbonyl (C=O) groups is 2. The molecule has 0 heterocycles. The van der Waals surface area contributed by atoms with Gasteiger partial charge in [0.1, 0.15) is 18.3 Å². The van der Waals surface area contributed by atoms with E-state index in [9.17, 15) is 9.59 Å². The lowest BCUT2D eigenvalue weighted by molar-refractivity contribution is -0.134. The van der Waals surface area contributed by atoms with E-state index in [0.717, 1.165) is 0 Å². The Balaban J connectivity index is 2.04. The summed E-state index contributed by atoms with van der Waals surface area (Å²) in [6.45, 7) is 4.22. The van der Waals surface area contributed by atoms with E-state index in [1.165, 1.54) is 7.11 Å². The molecule has 0 radical (unpaired) electrons. The summed E-state index contributed by atoms with van der Waals surface area (Å²) in [6.07, 6.45) is 0.879. The van der Waals surface area contributed by atoms with Crippen LogP contribution in [0.2, 0.25) is 0 Å². The Kier molecular flexibility index (Phi) is 10.7. The van der Waals surface area contributed by atoms with Crippen LogP contribution in [0.5, 0.6) is 11.5 Å². The third kappa shape index (κ3) is 8.66. The van der Waals surface area contributed by atoms with Crippen molar-refractivity contribution in [3.05, 3.63) is 60.2 Å². The summed E-state index contributed by atoms with van der Waals surface area (Å²) < 4.78 is 16.1. The Morgan fingerprint density at radius 3 is 2.22 bits per heavy atom. The third-order valence-corrected chi connectivity index (χ3v) is 4.76. The smallest absolute Gasteiger partial charge is 0.251 e. The van der Waals surface area contributed by atoms with Crippen molar-refractivity contribution in [2.45, 2.75) is 32.7 Å². The Labute approximate surface area is 188 Å². The summed E-state index contributed by atoms with van der Waals surface area (Å²) in [5.74, 6) is 0.314. The average molecular weight is 445 g/mol.